The molecule has 0 aliphatic carbocycles. The Labute approximate surface area is 152 Å². The molecule has 0 radical (unpaired) electrons. The van der Waals surface area contributed by atoms with E-state index in [1.165, 1.54) is 0 Å². The van der Waals surface area contributed by atoms with Crippen LogP contribution in [0.15, 0.2) is 53.2 Å². The highest BCUT2D eigenvalue weighted by Crippen LogP contribution is 2.25. The van der Waals surface area contributed by atoms with Crippen molar-refractivity contribution in [3.63, 3.8) is 0 Å². The van der Waals surface area contributed by atoms with Gasteiger partial charge in [-0.15, -0.1) is 0 Å². The molecule has 10 heteroatoms. The molecule has 0 saturated carbocycles. The molecule has 4 aromatic rings. The molecule has 0 bridgehead atoms. The van der Waals surface area contributed by atoms with Crippen molar-refractivity contribution in [1.29, 1.82) is 0 Å². The molecule has 0 amide bonds. The summed E-state index contributed by atoms with van der Waals surface area (Å²) in [5.74, 6) is 0.753. The van der Waals surface area contributed by atoms with E-state index in [9.17, 15) is 0 Å². The van der Waals surface area contributed by atoms with Crippen molar-refractivity contribution in [3.8, 4) is 23.2 Å². The van der Waals surface area contributed by atoms with Crippen molar-refractivity contribution in [2.24, 2.45) is 0 Å². The topological polar surface area (TPSA) is 129 Å². The van der Waals surface area contributed by atoms with Crippen LogP contribution in [-0.4, -0.2) is 30.1 Å². The number of benzene rings is 1. The molecule has 0 saturated heterocycles. The van der Waals surface area contributed by atoms with Gasteiger partial charge in [0, 0.05) is 11.9 Å². The summed E-state index contributed by atoms with van der Waals surface area (Å²) < 4.78 is 5.21. The fraction of sp³-hybridized carbons (Fsp3) is 0. The first-order valence-electron chi connectivity index (χ1n) is 7.47. The van der Waals surface area contributed by atoms with Gasteiger partial charge < -0.3 is 15.6 Å². The summed E-state index contributed by atoms with van der Waals surface area (Å²) in [6, 6.07) is 12.8. The predicted octanol–water partition coefficient (Wildman–Crippen LogP) is 2.96. The van der Waals surface area contributed by atoms with Crippen molar-refractivity contribution in [2.75, 3.05) is 11.1 Å². The van der Waals surface area contributed by atoms with Crippen LogP contribution in [0.25, 0.3) is 23.2 Å². The van der Waals surface area contributed by atoms with Gasteiger partial charge in [-0.3, -0.25) is 0 Å². The highest BCUT2D eigenvalue weighted by atomic mass is 35.5. The maximum Gasteiger partial charge on any atom is 0.278 e. The first-order chi connectivity index (χ1) is 12.7. The molecule has 0 spiro atoms. The number of hydrogen-bond donors (Lipinski definition) is 2. The average Bonchev–Trinajstić information content (AvgIpc) is 3.12. The molecule has 9 nitrogen and oxygen atoms in total. The normalized spacial score (nSPS) is 10.7. The first-order valence-corrected chi connectivity index (χ1v) is 7.85. The van der Waals surface area contributed by atoms with Gasteiger partial charge in [0.1, 0.15) is 5.69 Å². The van der Waals surface area contributed by atoms with E-state index in [1.54, 1.807) is 18.3 Å². The van der Waals surface area contributed by atoms with Crippen molar-refractivity contribution >= 4 is 29.2 Å². The van der Waals surface area contributed by atoms with Crippen LogP contribution in [0.1, 0.15) is 0 Å². The molecule has 0 aliphatic heterocycles. The summed E-state index contributed by atoms with van der Waals surface area (Å²) in [4.78, 5) is 20.8. The Morgan fingerprint density at radius 2 is 1.77 bits per heavy atom. The lowest BCUT2D eigenvalue weighted by molar-refractivity contribution is 0.430. The molecule has 3 N–H and O–H groups in total. The quantitative estimate of drug-likeness (QED) is 0.559. The second-order valence-corrected chi connectivity index (χ2v) is 5.50. The van der Waals surface area contributed by atoms with E-state index in [0.29, 0.717) is 10.7 Å². The minimum Gasteiger partial charge on any atom is -0.368 e. The number of nitrogens with zero attached hydrogens (tertiary/aromatic N) is 6. The molecular formula is C16H11ClN8O. The van der Waals surface area contributed by atoms with E-state index >= 15 is 0 Å². The van der Waals surface area contributed by atoms with Crippen molar-refractivity contribution in [2.45, 2.75) is 0 Å². The summed E-state index contributed by atoms with van der Waals surface area (Å²) in [7, 11) is 0. The number of halogens is 1. The fourth-order valence-corrected chi connectivity index (χ4v) is 2.35. The minimum atomic E-state index is 0.0237. The summed E-state index contributed by atoms with van der Waals surface area (Å²) in [5, 5.41) is 7.31. The Balaban J connectivity index is 1.67. The number of nitrogens with two attached hydrogens (primary N) is 1. The summed E-state index contributed by atoms with van der Waals surface area (Å²) in [5.41, 5.74) is 6.95. The molecule has 0 unspecified atom stereocenters. The average molecular weight is 367 g/mol. The number of hydrogen-bond acceptors (Lipinski definition) is 9. The Kier molecular flexibility index (Phi) is 4.12. The van der Waals surface area contributed by atoms with Crippen LogP contribution in [-0.2, 0) is 0 Å². The van der Waals surface area contributed by atoms with E-state index in [1.807, 2.05) is 30.3 Å². The van der Waals surface area contributed by atoms with Gasteiger partial charge in [-0.25, -0.2) is 4.98 Å². The van der Waals surface area contributed by atoms with E-state index in [-0.39, 0.29) is 29.4 Å². The second-order valence-electron chi connectivity index (χ2n) is 5.09. The van der Waals surface area contributed by atoms with Gasteiger partial charge in [-0.05, 0) is 24.3 Å². The summed E-state index contributed by atoms with van der Waals surface area (Å²) in [6.07, 6.45) is 1.58. The lowest BCUT2D eigenvalue weighted by Gasteiger charge is -2.05. The van der Waals surface area contributed by atoms with Crippen LogP contribution in [0, 0.1) is 0 Å². The van der Waals surface area contributed by atoms with Crippen LogP contribution >= 0.6 is 11.6 Å². The van der Waals surface area contributed by atoms with Gasteiger partial charge in [0.2, 0.25) is 23.5 Å². The van der Waals surface area contributed by atoms with Gasteiger partial charge in [-0.2, -0.15) is 19.9 Å². The van der Waals surface area contributed by atoms with E-state index < -0.39 is 0 Å². The third-order valence-electron chi connectivity index (χ3n) is 3.27. The largest absolute Gasteiger partial charge is 0.368 e. The van der Waals surface area contributed by atoms with Crippen molar-refractivity contribution < 1.29 is 4.52 Å². The lowest BCUT2D eigenvalue weighted by Crippen LogP contribution is -2.05. The molecule has 1 aromatic carbocycles. The van der Waals surface area contributed by atoms with Crippen LogP contribution in [0.2, 0.25) is 5.02 Å². The van der Waals surface area contributed by atoms with Gasteiger partial charge in [-0.1, -0.05) is 35.0 Å². The first kappa shape index (κ1) is 15.9. The molecule has 0 aliphatic rings. The van der Waals surface area contributed by atoms with E-state index in [2.05, 4.69) is 35.4 Å². The third kappa shape index (κ3) is 3.28. The zero-order valence-corrected chi connectivity index (χ0v) is 13.9. The maximum absolute atomic E-state index is 6.09. The number of rotatable bonds is 4. The maximum atomic E-state index is 6.09. The summed E-state index contributed by atoms with van der Waals surface area (Å²) >= 11 is 6.09. The molecular weight excluding hydrogens is 356 g/mol. The standard InChI is InChI=1S/C16H11ClN8O/c17-10-7-4-8-19-11(10)14-21-13(25-26-14)12-22-15(18)24-16(23-12)20-9-5-2-1-3-6-9/h1-8H,(H3,18,20,22,23,24). The van der Waals surface area contributed by atoms with Gasteiger partial charge in [0.25, 0.3) is 5.89 Å². The number of anilines is 3. The predicted molar refractivity (Wildman–Crippen MR) is 95.5 cm³/mol. The van der Waals surface area contributed by atoms with Gasteiger partial charge in [0.15, 0.2) is 0 Å². The zero-order valence-electron chi connectivity index (χ0n) is 13.2. The zero-order chi connectivity index (χ0) is 17.9. The van der Waals surface area contributed by atoms with Crippen molar-refractivity contribution in [1.82, 2.24) is 30.1 Å². The number of nitrogens with one attached hydrogen (secondary N) is 1. The number of aromatic nitrogens is 6. The molecule has 0 fully saturated rings. The second kappa shape index (κ2) is 6.73. The van der Waals surface area contributed by atoms with Crippen LogP contribution in [0.5, 0.6) is 0 Å². The third-order valence-corrected chi connectivity index (χ3v) is 3.57. The van der Waals surface area contributed by atoms with Crippen LogP contribution < -0.4 is 11.1 Å². The van der Waals surface area contributed by atoms with Gasteiger partial charge in [0.05, 0.1) is 5.02 Å². The Hall–Kier alpha value is -3.59. The molecule has 3 aromatic heterocycles. The Morgan fingerprint density at radius 3 is 2.58 bits per heavy atom. The highest BCUT2D eigenvalue weighted by molar-refractivity contribution is 6.32. The monoisotopic (exact) mass is 366 g/mol. The molecule has 0 atom stereocenters. The fourth-order valence-electron chi connectivity index (χ4n) is 2.15. The molecule has 4 rings (SSSR count). The highest BCUT2D eigenvalue weighted by Gasteiger charge is 2.17. The Morgan fingerprint density at radius 1 is 0.923 bits per heavy atom. The molecule has 26 heavy (non-hydrogen) atoms. The van der Waals surface area contributed by atoms with E-state index in [4.69, 9.17) is 21.9 Å². The number of para-hydroxylation sites is 1. The number of nitrogen functional groups attached to an aromatic ring is 1. The Bertz CT molecular complexity index is 1050. The van der Waals surface area contributed by atoms with Gasteiger partial charge >= 0.3 is 0 Å². The lowest BCUT2D eigenvalue weighted by atomic mass is 10.3. The van der Waals surface area contributed by atoms with Crippen molar-refractivity contribution in [3.05, 3.63) is 53.7 Å². The van der Waals surface area contributed by atoms with Crippen LogP contribution in [0.3, 0.4) is 0 Å². The minimum absolute atomic E-state index is 0.0237. The summed E-state index contributed by atoms with van der Waals surface area (Å²) in [6.45, 7) is 0. The SMILES string of the molecule is Nc1nc(Nc2ccccc2)nc(-c2noc(-c3ncccc3Cl)n2)n1. The molecule has 3 heterocycles. The molecule has 128 valence electrons. The van der Waals surface area contributed by atoms with Crippen LogP contribution in [0.4, 0.5) is 17.6 Å². The number of pyridine rings is 1. The van der Waals surface area contributed by atoms with E-state index in [0.717, 1.165) is 5.69 Å². The smallest absolute Gasteiger partial charge is 0.278 e.